The SMILES string of the molecule is CNC(C)CNC(=O)COC(C)C. The third kappa shape index (κ3) is 7.74. The van der Waals surface area contributed by atoms with Gasteiger partial charge in [0.2, 0.25) is 5.91 Å². The van der Waals surface area contributed by atoms with Gasteiger partial charge in [-0.3, -0.25) is 4.79 Å². The molecule has 0 aromatic carbocycles. The molecule has 0 saturated carbocycles. The van der Waals surface area contributed by atoms with Gasteiger partial charge in [-0.05, 0) is 27.8 Å². The molecule has 4 heteroatoms. The highest BCUT2D eigenvalue weighted by Crippen LogP contribution is 1.86. The summed E-state index contributed by atoms with van der Waals surface area (Å²) in [5, 5.41) is 5.79. The lowest BCUT2D eigenvalue weighted by Crippen LogP contribution is -2.39. The van der Waals surface area contributed by atoms with Gasteiger partial charge in [-0.2, -0.15) is 0 Å². The highest BCUT2D eigenvalue weighted by atomic mass is 16.5. The van der Waals surface area contributed by atoms with Gasteiger partial charge in [-0.25, -0.2) is 0 Å². The molecule has 0 aliphatic heterocycles. The number of carbonyl (C=O) groups excluding carboxylic acids is 1. The molecule has 0 heterocycles. The Morgan fingerprint density at radius 3 is 2.46 bits per heavy atom. The largest absolute Gasteiger partial charge is 0.369 e. The Labute approximate surface area is 80.0 Å². The fraction of sp³-hybridized carbons (Fsp3) is 0.889. The third-order valence-electron chi connectivity index (χ3n) is 1.65. The zero-order valence-corrected chi connectivity index (χ0v) is 8.89. The number of nitrogens with one attached hydrogen (secondary N) is 2. The monoisotopic (exact) mass is 188 g/mol. The Morgan fingerprint density at radius 1 is 1.38 bits per heavy atom. The van der Waals surface area contributed by atoms with Crippen LogP contribution in [0.15, 0.2) is 0 Å². The second-order valence-corrected chi connectivity index (χ2v) is 3.35. The normalized spacial score (nSPS) is 13.0. The minimum absolute atomic E-state index is 0.0594. The number of ether oxygens (including phenoxy) is 1. The van der Waals surface area contributed by atoms with Crippen LogP contribution in [0.2, 0.25) is 0 Å². The first kappa shape index (κ1) is 12.4. The topological polar surface area (TPSA) is 50.4 Å². The molecule has 0 radical (unpaired) electrons. The number of rotatable bonds is 6. The lowest BCUT2D eigenvalue weighted by Gasteiger charge is -2.12. The predicted octanol–water partition coefficient (Wildman–Crippen LogP) is 0.136. The molecule has 0 aliphatic carbocycles. The Kier molecular flexibility index (Phi) is 6.54. The molecule has 0 fully saturated rings. The highest BCUT2D eigenvalue weighted by molar-refractivity contribution is 5.77. The van der Waals surface area contributed by atoms with Crippen molar-refractivity contribution < 1.29 is 9.53 Å². The van der Waals surface area contributed by atoms with Gasteiger partial charge in [-0.15, -0.1) is 0 Å². The number of hydrogen-bond acceptors (Lipinski definition) is 3. The van der Waals surface area contributed by atoms with E-state index in [1.807, 2.05) is 27.8 Å². The molecular weight excluding hydrogens is 168 g/mol. The van der Waals surface area contributed by atoms with E-state index in [2.05, 4.69) is 10.6 Å². The molecule has 0 saturated heterocycles. The van der Waals surface area contributed by atoms with Crippen LogP contribution in [0.4, 0.5) is 0 Å². The molecule has 0 spiro atoms. The van der Waals surface area contributed by atoms with Crippen LogP contribution in [-0.2, 0) is 9.53 Å². The van der Waals surface area contributed by atoms with Crippen LogP contribution >= 0.6 is 0 Å². The zero-order valence-electron chi connectivity index (χ0n) is 8.89. The number of likely N-dealkylation sites (N-methyl/N-ethyl adjacent to an activating group) is 1. The molecule has 78 valence electrons. The van der Waals surface area contributed by atoms with E-state index in [-0.39, 0.29) is 18.6 Å². The Hall–Kier alpha value is -0.610. The zero-order chi connectivity index (χ0) is 10.3. The van der Waals surface area contributed by atoms with Crippen molar-refractivity contribution in [3.8, 4) is 0 Å². The average molecular weight is 188 g/mol. The van der Waals surface area contributed by atoms with E-state index in [9.17, 15) is 4.79 Å². The predicted molar refractivity (Wildman–Crippen MR) is 52.6 cm³/mol. The summed E-state index contributed by atoms with van der Waals surface area (Å²) in [7, 11) is 1.86. The summed E-state index contributed by atoms with van der Waals surface area (Å²) in [6.07, 6.45) is 0.104. The summed E-state index contributed by atoms with van der Waals surface area (Å²) in [5.74, 6) is -0.0594. The summed E-state index contributed by atoms with van der Waals surface area (Å²) >= 11 is 0. The van der Waals surface area contributed by atoms with Gasteiger partial charge in [0, 0.05) is 12.6 Å². The maximum atomic E-state index is 11.1. The van der Waals surface area contributed by atoms with Crippen molar-refractivity contribution in [3.05, 3.63) is 0 Å². The second-order valence-electron chi connectivity index (χ2n) is 3.35. The van der Waals surface area contributed by atoms with Crippen molar-refractivity contribution in [1.29, 1.82) is 0 Å². The molecular formula is C9H20N2O2. The van der Waals surface area contributed by atoms with Crippen LogP contribution in [0.25, 0.3) is 0 Å². The quantitative estimate of drug-likeness (QED) is 0.623. The van der Waals surface area contributed by atoms with Gasteiger partial charge in [-0.1, -0.05) is 0 Å². The lowest BCUT2D eigenvalue weighted by molar-refractivity contribution is -0.127. The Morgan fingerprint density at radius 2 is 2.00 bits per heavy atom. The molecule has 4 nitrogen and oxygen atoms in total. The van der Waals surface area contributed by atoms with Gasteiger partial charge in [0.1, 0.15) is 6.61 Å². The van der Waals surface area contributed by atoms with Gasteiger partial charge < -0.3 is 15.4 Å². The van der Waals surface area contributed by atoms with Crippen LogP contribution in [0.1, 0.15) is 20.8 Å². The van der Waals surface area contributed by atoms with Crippen LogP contribution in [0.3, 0.4) is 0 Å². The number of amides is 1. The van der Waals surface area contributed by atoms with Gasteiger partial charge in [0.15, 0.2) is 0 Å². The van der Waals surface area contributed by atoms with E-state index in [0.717, 1.165) is 0 Å². The molecule has 0 aromatic rings. The molecule has 0 rings (SSSR count). The highest BCUT2D eigenvalue weighted by Gasteiger charge is 2.04. The minimum atomic E-state index is -0.0594. The molecule has 0 bridgehead atoms. The van der Waals surface area contributed by atoms with Gasteiger partial charge in [0.05, 0.1) is 6.10 Å². The number of carbonyl (C=O) groups is 1. The van der Waals surface area contributed by atoms with Crippen molar-refractivity contribution in [2.24, 2.45) is 0 Å². The Bertz CT molecular complexity index is 149. The van der Waals surface area contributed by atoms with E-state index in [1.54, 1.807) is 0 Å². The molecule has 0 aliphatic rings. The molecule has 1 unspecified atom stereocenters. The summed E-state index contributed by atoms with van der Waals surface area (Å²) in [4.78, 5) is 11.1. The smallest absolute Gasteiger partial charge is 0.246 e. The van der Waals surface area contributed by atoms with Crippen LogP contribution in [0.5, 0.6) is 0 Å². The van der Waals surface area contributed by atoms with E-state index in [1.165, 1.54) is 0 Å². The molecule has 0 aromatic heterocycles. The van der Waals surface area contributed by atoms with E-state index in [0.29, 0.717) is 12.6 Å². The summed E-state index contributed by atoms with van der Waals surface area (Å²) in [6.45, 7) is 6.60. The fourth-order valence-corrected chi connectivity index (χ4v) is 0.662. The van der Waals surface area contributed by atoms with E-state index >= 15 is 0 Å². The van der Waals surface area contributed by atoms with Crippen LogP contribution in [0, 0.1) is 0 Å². The first-order chi connectivity index (χ1) is 6.06. The Balaban J connectivity index is 3.40. The van der Waals surface area contributed by atoms with Crippen molar-refractivity contribution in [3.63, 3.8) is 0 Å². The molecule has 13 heavy (non-hydrogen) atoms. The number of hydrogen-bond donors (Lipinski definition) is 2. The molecule has 1 atom stereocenters. The summed E-state index contributed by atoms with van der Waals surface area (Å²) in [5.41, 5.74) is 0. The first-order valence-corrected chi connectivity index (χ1v) is 4.61. The average Bonchev–Trinajstić information content (AvgIpc) is 2.10. The fourth-order valence-electron chi connectivity index (χ4n) is 0.662. The summed E-state index contributed by atoms with van der Waals surface area (Å²) < 4.78 is 5.14. The van der Waals surface area contributed by atoms with Crippen molar-refractivity contribution in [1.82, 2.24) is 10.6 Å². The summed E-state index contributed by atoms with van der Waals surface area (Å²) in [6, 6.07) is 0.294. The van der Waals surface area contributed by atoms with E-state index in [4.69, 9.17) is 4.74 Å². The first-order valence-electron chi connectivity index (χ1n) is 4.61. The standard InChI is InChI=1S/C9H20N2O2/c1-7(2)13-6-9(12)11-5-8(3)10-4/h7-8,10H,5-6H2,1-4H3,(H,11,12). The second kappa shape index (κ2) is 6.86. The lowest BCUT2D eigenvalue weighted by atomic mass is 10.3. The van der Waals surface area contributed by atoms with Crippen molar-refractivity contribution >= 4 is 5.91 Å². The maximum Gasteiger partial charge on any atom is 0.246 e. The molecule has 1 amide bonds. The van der Waals surface area contributed by atoms with Crippen LogP contribution < -0.4 is 10.6 Å². The van der Waals surface area contributed by atoms with Crippen molar-refractivity contribution in [2.45, 2.75) is 32.9 Å². The third-order valence-corrected chi connectivity index (χ3v) is 1.65. The van der Waals surface area contributed by atoms with Gasteiger partial charge in [0.25, 0.3) is 0 Å². The van der Waals surface area contributed by atoms with Gasteiger partial charge >= 0.3 is 0 Å². The van der Waals surface area contributed by atoms with Crippen molar-refractivity contribution in [2.75, 3.05) is 20.2 Å². The maximum absolute atomic E-state index is 11.1. The van der Waals surface area contributed by atoms with Crippen LogP contribution in [-0.4, -0.2) is 38.3 Å². The minimum Gasteiger partial charge on any atom is -0.369 e. The molecule has 2 N–H and O–H groups in total. The van der Waals surface area contributed by atoms with E-state index < -0.39 is 0 Å².